The van der Waals surface area contributed by atoms with E-state index >= 15 is 0 Å². The molecule has 0 aliphatic heterocycles. The molecule has 0 amide bonds. The molecule has 1 atom stereocenters. The predicted octanol–water partition coefficient (Wildman–Crippen LogP) is 2.84. The zero-order valence-electron chi connectivity index (χ0n) is 9.36. The van der Waals surface area contributed by atoms with E-state index in [1.54, 1.807) is 0 Å². The molecule has 0 unspecified atom stereocenters. The van der Waals surface area contributed by atoms with Crippen molar-refractivity contribution in [1.82, 2.24) is 0 Å². The van der Waals surface area contributed by atoms with Crippen LogP contribution < -0.4 is 4.74 Å². The molecule has 0 fully saturated rings. The van der Waals surface area contributed by atoms with Crippen molar-refractivity contribution in [3.8, 4) is 5.75 Å². The lowest BCUT2D eigenvalue weighted by atomic mass is 9.89. The Morgan fingerprint density at radius 3 is 2.93 bits per heavy atom. The molecule has 2 heteroatoms. The highest BCUT2D eigenvalue weighted by molar-refractivity contribution is 5.38. The van der Waals surface area contributed by atoms with Gasteiger partial charge in [-0.1, -0.05) is 6.07 Å². The zero-order chi connectivity index (χ0) is 10.8. The van der Waals surface area contributed by atoms with Gasteiger partial charge in [0.05, 0.1) is 12.2 Å². The molecule has 82 valence electrons. The van der Waals surface area contributed by atoms with Crippen LogP contribution in [0.1, 0.15) is 43.9 Å². The Kier molecular flexibility index (Phi) is 2.96. The van der Waals surface area contributed by atoms with Gasteiger partial charge in [-0.15, -0.1) is 0 Å². The fourth-order valence-corrected chi connectivity index (χ4v) is 2.10. The summed E-state index contributed by atoms with van der Waals surface area (Å²) < 4.78 is 5.62. The van der Waals surface area contributed by atoms with Crippen molar-refractivity contribution < 1.29 is 9.84 Å². The Morgan fingerprint density at radius 2 is 2.20 bits per heavy atom. The van der Waals surface area contributed by atoms with Crippen LogP contribution in [-0.2, 0) is 6.42 Å². The summed E-state index contributed by atoms with van der Waals surface area (Å²) in [5.41, 5.74) is 2.32. The molecule has 0 heterocycles. The number of aliphatic hydroxyl groups is 1. The van der Waals surface area contributed by atoms with Crippen LogP contribution >= 0.6 is 0 Å². The molecule has 2 nitrogen and oxygen atoms in total. The second kappa shape index (κ2) is 4.23. The largest absolute Gasteiger partial charge is 0.491 e. The predicted molar refractivity (Wildman–Crippen MR) is 60.1 cm³/mol. The first-order valence-corrected chi connectivity index (χ1v) is 5.64. The summed E-state index contributed by atoms with van der Waals surface area (Å²) in [6.45, 7) is 4.02. The fraction of sp³-hybridized carbons (Fsp3) is 0.538. The maximum absolute atomic E-state index is 9.86. The molecule has 0 radical (unpaired) electrons. The summed E-state index contributed by atoms with van der Waals surface area (Å²) in [5.74, 6) is 0.865. The number of aliphatic hydroxyl groups excluding tert-OH is 1. The first kappa shape index (κ1) is 10.5. The highest BCUT2D eigenvalue weighted by atomic mass is 16.5. The maximum atomic E-state index is 9.86. The molecule has 1 aliphatic carbocycles. The van der Waals surface area contributed by atoms with Crippen molar-refractivity contribution in [2.75, 3.05) is 0 Å². The molecule has 2 rings (SSSR count). The number of ether oxygens (including phenoxy) is 1. The smallest absolute Gasteiger partial charge is 0.120 e. The van der Waals surface area contributed by atoms with E-state index in [0.717, 1.165) is 30.6 Å². The van der Waals surface area contributed by atoms with E-state index in [1.807, 2.05) is 26.0 Å². The van der Waals surface area contributed by atoms with Gasteiger partial charge in [0.1, 0.15) is 5.75 Å². The lowest BCUT2D eigenvalue weighted by Crippen LogP contribution is -2.11. The van der Waals surface area contributed by atoms with E-state index in [1.165, 1.54) is 5.56 Å². The Balaban J connectivity index is 2.27. The lowest BCUT2D eigenvalue weighted by molar-refractivity contribution is 0.155. The molecule has 0 saturated heterocycles. The topological polar surface area (TPSA) is 29.5 Å². The highest BCUT2D eigenvalue weighted by Crippen LogP contribution is 2.32. The quantitative estimate of drug-likeness (QED) is 0.806. The number of benzene rings is 1. The van der Waals surface area contributed by atoms with Crippen molar-refractivity contribution in [3.63, 3.8) is 0 Å². The lowest BCUT2D eigenvalue weighted by Gasteiger charge is -2.22. The van der Waals surface area contributed by atoms with Crippen LogP contribution in [0.25, 0.3) is 0 Å². The third-order valence-electron chi connectivity index (χ3n) is 2.77. The van der Waals surface area contributed by atoms with Crippen molar-refractivity contribution >= 4 is 0 Å². The Morgan fingerprint density at radius 1 is 1.40 bits per heavy atom. The molecule has 0 spiro atoms. The van der Waals surface area contributed by atoms with Gasteiger partial charge < -0.3 is 9.84 Å². The Bertz CT molecular complexity index is 344. The standard InChI is InChI=1S/C13H18O2/c1-9(2)15-11-7-6-10-4-3-5-13(14)12(10)8-11/h6-9,13-14H,3-5H2,1-2H3/t13-/m0/s1. The minimum Gasteiger partial charge on any atom is -0.491 e. The minimum absolute atomic E-state index is 0.184. The van der Waals surface area contributed by atoms with Crippen LogP contribution in [0.5, 0.6) is 5.75 Å². The van der Waals surface area contributed by atoms with Gasteiger partial charge in [0, 0.05) is 0 Å². The third kappa shape index (κ3) is 2.32. The molecule has 0 aromatic heterocycles. The summed E-state index contributed by atoms with van der Waals surface area (Å²) in [7, 11) is 0. The summed E-state index contributed by atoms with van der Waals surface area (Å²) in [6, 6.07) is 6.06. The maximum Gasteiger partial charge on any atom is 0.120 e. The number of aryl methyl sites for hydroxylation is 1. The number of rotatable bonds is 2. The van der Waals surface area contributed by atoms with Gasteiger partial charge in [-0.25, -0.2) is 0 Å². The van der Waals surface area contributed by atoms with Crippen molar-refractivity contribution in [1.29, 1.82) is 0 Å². The van der Waals surface area contributed by atoms with Gasteiger partial charge in [0.2, 0.25) is 0 Å². The monoisotopic (exact) mass is 206 g/mol. The number of fused-ring (bicyclic) bond motifs is 1. The van der Waals surface area contributed by atoms with E-state index in [-0.39, 0.29) is 12.2 Å². The second-order valence-corrected chi connectivity index (χ2v) is 4.44. The van der Waals surface area contributed by atoms with Crippen LogP contribution in [0.3, 0.4) is 0 Å². The second-order valence-electron chi connectivity index (χ2n) is 4.44. The van der Waals surface area contributed by atoms with Crippen molar-refractivity contribution in [2.45, 2.75) is 45.3 Å². The molecular formula is C13H18O2. The van der Waals surface area contributed by atoms with Crippen LogP contribution in [0.4, 0.5) is 0 Å². The van der Waals surface area contributed by atoms with Crippen molar-refractivity contribution in [3.05, 3.63) is 29.3 Å². The molecule has 0 bridgehead atoms. The van der Waals surface area contributed by atoms with Crippen LogP contribution in [0.2, 0.25) is 0 Å². The fourth-order valence-electron chi connectivity index (χ4n) is 2.10. The molecule has 1 N–H and O–H groups in total. The van der Waals surface area contributed by atoms with E-state index in [0.29, 0.717) is 0 Å². The summed E-state index contributed by atoms with van der Waals surface area (Å²) in [5, 5.41) is 9.86. The Hall–Kier alpha value is -1.02. The van der Waals surface area contributed by atoms with Gasteiger partial charge in [0.25, 0.3) is 0 Å². The number of hydrogen-bond acceptors (Lipinski definition) is 2. The SMILES string of the molecule is CC(C)Oc1ccc2c(c1)[C@@H](O)CCC2. The summed E-state index contributed by atoms with van der Waals surface area (Å²) >= 11 is 0. The third-order valence-corrected chi connectivity index (χ3v) is 2.77. The molecule has 1 aromatic carbocycles. The average Bonchev–Trinajstić information content (AvgIpc) is 2.18. The first-order valence-electron chi connectivity index (χ1n) is 5.64. The van der Waals surface area contributed by atoms with Gasteiger partial charge in [-0.2, -0.15) is 0 Å². The van der Waals surface area contributed by atoms with Crippen molar-refractivity contribution in [2.24, 2.45) is 0 Å². The first-order chi connectivity index (χ1) is 7.16. The molecule has 0 saturated carbocycles. The van der Waals surface area contributed by atoms with Gasteiger partial charge >= 0.3 is 0 Å². The van der Waals surface area contributed by atoms with E-state index < -0.39 is 0 Å². The van der Waals surface area contributed by atoms with E-state index in [2.05, 4.69) is 6.07 Å². The van der Waals surface area contributed by atoms with Crippen LogP contribution in [0, 0.1) is 0 Å². The Labute approximate surface area is 90.9 Å². The normalized spacial score (nSPS) is 20.1. The summed E-state index contributed by atoms with van der Waals surface area (Å²) in [6.07, 6.45) is 2.92. The summed E-state index contributed by atoms with van der Waals surface area (Å²) in [4.78, 5) is 0. The van der Waals surface area contributed by atoms with E-state index in [9.17, 15) is 5.11 Å². The molecule has 1 aliphatic rings. The minimum atomic E-state index is -0.301. The number of hydrogen-bond donors (Lipinski definition) is 1. The molecule has 1 aromatic rings. The van der Waals surface area contributed by atoms with Gasteiger partial charge in [-0.3, -0.25) is 0 Å². The van der Waals surface area contributed by atoms with Crippen LogP contribution in [-0.4, -0.2) is 11.2 Å². The van der Waals surface area contributed by atoms with Gasteiger partial charge in [-0.05, 0) is 56.4 Å². The molecule has 15 heavy (non-hydrogen) atoms. The van der Waals surface area contributed by atoms with Crippen LogP contribution in [0.15, 0.2) is 18.2 Å². The highest BCUT2D eigenvalue weighted by Gasteiger charge is 2.18. The van der Waals surface area contributed by atoms with Gasteiger partial charge in [0.15, 0.2) is 0 Å². The zero-order valence-corrected chi connectivity index (χ0v) is 9.36. The molecular weight excluding hydrogens is 188 g/mol. The van der Waals surface area contributed by atoms with E-state index in [4.69, 9.17) is 4.74 Å². The average molecular weight is 206 g/mol.